The molecular weight excluding hydrogens is 502 g/mol. The summed E-state index contributed by atoms with van der Waals surface area (Å²) in [5, 5.41) is 7.71. The van der Waals surface area contributed by atoms with Gasteiger partial charge in [0.25, 0.3) is 0 Å². The Morgan fingerprint density at radius 3 is 2.76 bits per heavy atom. The molecule has 5 rings (SSSR count). The molecule has 9 nitrogen and oxygen atoms in total. The van der Waals surface area contributed by atoms with E-state index >= 15 is 0 Å². The van der Waals surface area contributed by atoms with Crippen LogP contribution in [0.15, 0.2) is 48.8 Å². The van der Waals surface area contributed by atoms with Crippen molar-refractivity contribution < 1.29 is 9.53 Å². The molecule has 1 fully saturated rings. The summed E-state index contributed by atoms with van der Waals surface area (Å²) in [5.74, 6) is 1.06. The van der Waals surface area contributed by atoms with Crippen molar-refractivity contribution in [3.05, 3.63) is 53.8 Å². The second-order valence-corrected chi connectivity index (χ2v) is 10.2. The van der Waals surface area contributed by atoms with Crippen molar-refractivity contribution in [3.8, 4) is 17.0 Å². The number of para-hydroxylation sites is 1. The van der Waals surface area contributed by atoms with Crippen molar-refractivity contribution in [2.24, 2.45) is 7.05 Å². The molecule has 0 saturated carbocycles. The third kappa shape index (κ3) is 4.99. The molecule has 1 aliphatic rings. The molecule has 0 radical (unpaired) electrons. The maximum Gasteiger partial charge on any atom is 0.227 e. The first-order chi connectivity index (χ1) is 18.2. The fourth-order valence-corrected chi connectivity index (χ4v) is 5.28. The Balaban J connectivity index is 1.47. The van der Waals surface area contributed by atoms with Crippen LogP contribution in [-0.2, 0) is 11.8 Å². The van der Waals surface area contributed by atoms with E-state index in [0.717, 1.165) is 58.8 Å². The number of carbonyl (C=O) groups excluding carboxylic acids is 1. The van der Waals surface area contributed by atoms with Gasteiger partial charge < -0.3 is 29.7 Å². The van der Waals surface area contributed by atoms with Crippen molar-refractivity contribution in [1.29, 1.82) is 0 Å². The van der Waals surface area contributed by atoms with Gasteiger partial charge in [-0.3, -0.25) is 4.79 Å². The molecule has 3 heterocycles. The van der Waals surface area contributed by atoms with Crippen LogP contribution >= 0.6 is 11.6 Å². The zero-order chi connectivity index (χ0) is 27.0. The standard InChI is InChI=1S/C28H32ClN7O2/c1-17(37)31-23-13-18(9-10-24(23)36-12-11-19(15-36)34(2)3)32-28-30-14-22(29)26(33-28)21-16-35(4)27-20(21)7-6-8-25(27)38-5/h6-10,13-14,16,19H,11-12,15H2,1-5H3,(H,31,37)(H,30,32,33). The summed E-state index contributed by atoms with van der Waals surface area (Å²) in [5.41, 5.74) is 4.97. The second-order valence-electron chi connectivity index (χ2n) is 9.79. The number of methoxy groups -OCH3 is 1. The summed E-state index contributed by atoms with van der Waals surface area (Å²) in [4.78, 5) is 25.7. The van der Waals surface area contributed by atoms with Crippen LogP contribution in [0.3, 0.4) is 0 Å². The molecule has 198 valence electrons. The minimum Gasteiger partial charge on any atom is -0.495 e. The molecule has 1 unspecified atom stereocenters. The van der Waals surface area contributed by atoms with E-state index in [4.69, 9.17) is 21.3 Å². The van der Waals surface area contributed by atoms with E-state index in [-0.39, 0.29) is 5.91 Å². The predicted molar refractivity (Wildman–Crippen MR) is 154 cm³/mol. The van der Waals surface area contributed by atoms with E-state index in [1.54, 1.807) is 13.3 Å². The number of nitrogens with zero attached hydrogens (tertiary/aromatic N) is 5. The molecule has 10 heteroatoms. The average Bonchev–Trinajstić information content (AvgIpc) is 3.50. The number of amides is 1. The predicted octanol–water partition coefficient (Wildman–Crippen LogP) is 5.14. The number of rotatable bonds is 7. The first-order valence-corrected chi connectivity index (χ1v) is 12.9. The van der Waals surface area contributed by atoms with Gasteiger partial charge in [0, 0.05) is 55.9 Å². The van der Waals surface area contributed by atoms with E-state index in [9.17, 15) is 4.79 Å². The number of nitrogens with one attached hydrogen (secondary N) is 2. The average molecular weight is 534 g/mol. The highest BCUT2D eigenvalue weighted by molar-refractivity contribution is 6.33. The monoisotopic (exact) mass is 533 g/mol. The number of benzene rings is 2. The number of aromatic nitrogens is 3. The van der Waals surface area contributed by atoms with Crippen LogP contribution in [0.25, 0.3) is 22.2 Å². The summed E-state index contributed by atoms with van der Waals surface area (Å²) in [6, 6.07) is 12.3. The summed E-state index contributed by atoms with van der Waals surface area (Å²) >= 11 is 6.58. The quantitative estimate of drug-likeness (QED) is 0.340. The van der Waals surface area contributed by atoms with Crippen LogP contribution in [0.5, 0.6) is 5.75 Å². The molecule has 4 aromatic rings. The fourth-order valence-electron chi connectivity index (χ4n) is 5.09. The van der Waals surface area contributed by atoms with Gasteiger partial charge in [0.15, 0.2) is 0 Å². The van der Waals surface area contributed by atoms with Crippen LogP contribution in [0.4, 0.5) is 23.0 Å². The minimum absolute atomic E-state index is 0.122. The lowest BCUT2D eigenvalue weighted by Gasteiger charge is -2.24. The highest BCUT2D eigenvalue weighted by Crippen LogP contribution is 2.38. The number of halogens is 1. The number of hydrogen-bond donors (Lipinski definition) is 2. The van der Waals surface area contributed by atoms with E-state index in [1.807, 2.05) is 54.2 Å². The number of ether oxygens (including phenoxy) is 1. The SMILES string of the molecule is COc1cccc2c(-c3nc(Nc4ccc(N5CCC(N(C)C)C5)c(NC(C)=O)c4)ncc3Cl)cn(C)c12. The molecule has 0 aliphatic carbocycles. The van der Waals surface area contributed by atoms with Crippen LogP contribution in [0.1, 0.15) is 13.3 Å². The summed E-state index contributed by atoms with van der Waals surface area (Å²) in [7, 11) is 7.83. The Morgan fingerprint density at radius 2 is 2.05 bits per heavy atom. The zero-order valence-corrected chi connectivity index (χ0v) is 23.0. The molecule has 1 amide bonds. The highest BCUT2D eigenvalue weighted by Gasteiger charge is 2.26. The van der Waals surface area contributed by atoms with Crippen LogP contribution in [-0.4, -0.2) is 65.7 Å². The molecule has 0 bridgehead atoms. The smallest absolute Gasteiger partial charge is 0.227 e. The van der Waals surface area contributed by atoms with Crippen LogP contribution in [0, 0.1) is 0 Å². The minimum atomic E-state index is -0.122. The summed E-state index contributed by atoms with van der Waals surface area (Å²) in [6.07, 6.45) is 4.67. The molecule has 2 N–H and O–H groups in total. The number of anilines is 4. The van der Waals surface area contributed by atoms with E-state index in [0.29, 0.717) is 22.7 Å². The normalized spacial score (nSPS) is 15.3. The Kier molecular flexibility index (Phi) is 7.14. The van der Waals surface area contributed by atoms with Gasteiger partial charge in [0.05, 0.1) is 40.9 Å². The summed E-state index contributed by atoms with van der Waals surface area (Å²) in [6.45, 7) is 3.36. The third-order valence-electron chi connectivity index (χ3n) is 6.98. The Labute approximate surface area is 227 Å². The number of likely N-dealkylation sites (N-methyl/N-ethyl adjacent to an activating group) is 1. The lowest BCUT2D eigenvalue weighted by Crippen LogP contribution is -2.31. The number of carbonyl (C=O) groups is 1. The van der Waals surface area contributed by atoms with Crippen molar-refractivity contribution in [2.75, 3.05) is 49.8 Å². The Hall–Kier alpha value is -3.82. The van der Waals surface area contributed by atoms with E-state index in [1.165, 1.54) is 6.92 Å². The first-order valence-electron chi connectivity index (χ1n) is 12.5. The van der Waals surface area contributed by atoms with Gasteiger partial charge in [-0.15, -0.1) is 0 Å². The van der Waals surface area contributed by atoms with Crippen molar-refractivity contribution in [2.45, 2.75) is 19.4 Å². The van der Waals surface area contributed by atoms with Gasteiger partial charge in [-0.2, -0.15) is 0 Å². The molecule has 1 aliphatic heterocycles. The lowest BCUT2D eigenvalue weighted by molar-refractivity contribution is -0.114. The Morgan fingerprint density at radius 1 is 1.24 bits per heavy atom. The maximum absolute atomic E-state index is 12.0. The molecule has 1 atom stereocenters. The van der Waals surface area contributed by atoms with Crippen LogP contribution in [0.2, 0.25) is 5.02 Å². The van der Waals surface area contributed by atoms with Gasteiger partial charge in [-0.05, 0) is 44.8 Å². The molecule has 1 saturated heterocycles. The molecule has 2 aromatic carbocycles. The Bertz CT molecular complexity index is 1500. The topological polar surface area (TPSA) is 87.6 Å². The molecule has 0 spiro atoms. The molecule has 2 aromatic heterocycles. The highest BCUT2D eigenvalue weighted by atomic mass is 35.5. The van der Waals surface area contributed by atoms with Crippen molar-refractivity contribution in [1.82, 2.24) is 19.4 Å². The zero-order valence-electron chi connectivity index (χ0n) is 22.2. The second kappa shape index (κ2) is 10.5. The molecule has 38 heavy (non-hydrogen) atoms. The van der Waals surface area contributed by atoms with Gasteiger partial charge in [0.2, 0.25) is 11.9 Å². The van der Waals surface area contributed by atoms with E-state index < -0.39 is 0 Å². The fraction of sp³-hybridized carbons (Fsp3) is 0.321. The number of hydrogen-bond acceptors (Lipinski definition) is 7. The van der Waals surface area contributed by atoms with Crippen LogP contribution < -0.4 is 20.3 Å². The summed E-state index contributed by atoms with van der Waals surface area (Å²) < 4.78 is 7.57. The van der Waals surface area contributed by atoms with Gasteiger partial charge in [-0.1, -0.05) is 23.7 Å². The van der Waals surface area contributed by atoms with Crippen molar-refractivity contribution in [3.63, 3.8) is 0 Å². The van der Waals surface area contributed by atoms with Gasteiger partial charge in [-0.25, -0.2) is 9.97 Å². The lowest BCUT2D eigenvalue weighted by atomic mass is 10.1. The number of aryl methyl sites for hydroxylation is 1. The van der Waals surface area contributed by atoms with Crippen molar-refractivity contribution >= 4 is 51.4 Å². The van der Waals surface area contributed by atoms with Gasteiger partial charge in [0.1, 0.15) is 5.75 Å². The third-order valence-corrected chi connectivity index (χ3v) is 7.26. The first kappa shape index (κ1) is 25.8. The van der Waals surface area contributed by atoms with Gasteiger partial charge >= 0.3 is 0 Å². The molecular formula is C28H32ClN7O2. The maximum atomic E-state index is 12.0. The number of fused-ring (bicyclic) bond motifs is 1. The van der Waals surface area contributed by atoms with E-state index in [2.05, 4.69) is 39.5 Å². The largest absolute Gasteiger partial charge is 0.495 e.